The first-order chi connectivity index (χ1) is 10.8. The highest BCUT2D eigenvalue weighted by Gasteiger charge is 2.59. The molecule has 1 aromatic rings. The molecule has 2 aliphatic rings. The molecule has 4 heteroatoms. The molecule has 23 heavy (non-hydrogen) atoms. The number of imide groups is 1. The van der Waals surface area contributed by atoms with Gasteiger partial charge in [0.15, 0.2) is 5.78 Å². The minimum Gasteiger partial charge on any atom is -0.298 e. The first-order valence-electron chi connectivity index (χ1n) is 8.26. The molecular formula is C19H23NO3. The number of carbonyl (C=O) groups is 3. The van der Waals surface area contributed by atoms with Crippen molar-refractivity contribution in [2.45, 2.75) is 46.5 Å². The molecular weight excluding hydrogens is 290 g/mol. The number of anilines is 1. The van der Waals surface area contributed by atoms with Crippen molar-refractivity contribution >= 4 is 23.3 Å². The molecule has 0 spiro atoms. The van der Waals surface area contributed by atoms with Crippen molar-refractivity contribution in [3.05, 3.63) is 30.3 Å². The predicted molar refractivity (Wildman–Crippen MR) is 87.8 cm³/mol. The zero-order valence-corrected chi connectivity index (χ0v) is 14.0. The number of amides is 2. The normalized spacial score (nSPS) is 28.0. The lowest BCUT2D eigenvalue weighted by Crippen LogP contribution is -2.62. The van der Waals surface area contributed by atoms with Gasteiger partial charge in [-0.15, -0.1) is 0 Å². The lowest BCUT2D eigenvalue weighted by Gasteiger charge is -2.48. The minimum atomic E-state index is -1.04. The van der Waals surface area contributed by atoms with Crippen molar-refractivity contribution in [3.8, 4) is 0 Å². The van der Waals surface area contributed by atoms with Gasteiger partial charge in [0.05, 0.1) is 5.69 Å². The van der Waals surface area contributed by atoms with Crippen LogP contribution in [0.3, 0.4) is 0 Å². The molecule has 1 saturated heterocycles. The van der Waals surface area contributed by atoms with E-state index < -0.39 is 10.8 Å². The number of hydrogen-bond donors (Lipinski definition) is 0. The van der Waals surface area contributed by atoms with Gasteiger partial charge in [-0.3, -0.25) is 14.4 Å². The highest BCUT2D eigenvalue weighted by atomic mass is 16.2. The minimum absolute atomic E-state index is 0.0341. The summed E-state index contributed by atoms with van der Waals surface area (Å²) in [5, 5.41) is 0. The van der Waals surface area contributed by atoms with Crippen LogP contribution in [0.1, 0.15) is 46.5 Å². The Kier molecular flexibility index (Phi) is 3.66. The molecule has 1 aliphatic carbocycles. The number of nitrogens with zero attached hydrogens (tertiary/aromatic N) is 1. The Morgan fingerprint density at radius 1 is 1.17 bits per heavy atom. The summed E-state index contributed by atoms with van der Waals surface area (Å²) >= 11 is 0. The molecule has 3 rings (SSSR count). The Bertz CT molecular complexity index is 659. The van der Waals surface area contributed by atoms with Gasteiger partial charge in [0.1, 0.15) is 5.41 Å². The smallest absolute Gasteiger partial charge is 0.247 e. The van der Waals surface area contributed by atoms with Crippen molar-refractivity contribution in [2.24, 2.45) is 16.7 Å². The average Bonchev–Trinajstić information content (AvgIpc) is 2.53. The van der Waals surface area contributed by atoms with Gasteiger partial charge in [-0.25, -0.2) is 4.90 Å². The molecule has 1 aromatic carbocycles. The molecule has 2 atom stereocenters. The van der Waals surface area contributed by atoms with Gasteiger partial charge in [0.25, 0.3) is 0 Å². The fourth-order valence-electron chi connectivity index (χ4n) is 4.02. The summed E-state index contributed by atoms with van der Waals surface area (Å²) in [6.45, 7) is 5.55. The summed E-state index contributed by atoms with van der Waals surface area (Å²) in [5.41, 5.74) is -1.06. The maximum Gasteiger partial charge on any atom is 0.247 e. The van der Waals surface area contributed by atoms with Crippen LogP contribution in [0.4, 0.5) is 5.69 Å². The Labute approximate surface area is 136 Å². The number of fused-ring (bicyclic) bond motifs is 2. The van der Waals surface area contributed by atoms with Crippen molar-refractivity contribution in [2.75, 3.05) is 4.90 Å². The summed E-state index contributed by atoms with van der Waals surface area (Å²) in [7, 11) is 0. The lowest BCUT2D eigenvalue weighted by atomic mass is 9.59. The maximum absolute atomic E-state index is 13.2. The van der Waals surface area contributed by atoms with Crippen LogP contribution in [0.15, 0.2) is 30.3 Å². The Morgan fingerprint density at radius 3 is 2.43 bits per heavy atom. The fourth-order valence-corrected chi connectivity index (χ4v) is 4.02. The van der Waals surface area contributed by atoms with Crippen LogP contribution in [-0.4, -0.2) is 17.6 Å². The number of para-hydroxylation sites is 1. The van der Waals surface area contributed by atoms with Gasteiger partial charge in [0.2, 0.25) is 11.8 Å². The summed E-state index contributed by atoms with van der Waals surface area (Å²) in [6, 6.07) is 8.97. The number of piperidine rings is 1. The van der Waals surface area contributed by atoms with E-state index in [2.05, 4.69) is 0 Å². The van der Waals surface area contributed by atoms with E-state index in [0.717, 1.165) is 12.8 Å². The predicted octanol–water partition coefficient (Wildman–Crippen LogP) is 3.35. The lowest BCUT2D eigenvalue weighted by molar-refractivity contribution is -0.155. The molecule has 0 unspecified atom stereocenters. The monoisotopic (exact) mass is 313 g/mol. The zero-order valence-electron chi connectivity index (χ0n) is 14.0. The second kappa shape index (κ2) is 5.29. The molecule has 1 saturated carbocycles. The topological polar surface area (TPSA) is 54.5 Å². The number of rotatable bonds is 2. The van der Waals surface area contributed by atoms with Crippen molar-refractivity contribution in [1.82, 2.24) is 0 Å². The van der Waals surface area contributed by atoms with E-state index in [9.17, 15) is 14.4 Å². The first kappa shape index (κ1) is 15.9. The molecule has 2 amide bonds. The standard InChI is InChI=1S/C19H23NO3/c1-18(2,3)16(22)19-11-7-8-13(12-19)15(21)20(17(19)23)14-9-5-4-6-10-14/h4-6,9-10,13H,7-8,11-12H2,1-3H3/t13-,19-/m1/s1. The molecule has 122 valence electrons. The molecule has 4 nitrogen and oxygen atoms in total. The largest absolute Gasteiger partial charge is 0.298 e. The number of hydrogen-bond acceptors (Lipinski definition) is 3. The van der Waals surface area contributed by atoms with Gasteiger partial charge < -0.3 is 0 Å². The summed E-state index contributed by atoms with van der Waals surface area (Å²) in [6.07, 6.45) is 2.44. The van der Waals surface area contributed by atoms with Crippen LogP contribution in [0.5, 0.6) is 0 Å². The molecule has 2 fully saturated rings. The van der Waals surface area contributed by atoms with Gasteiger partial charge in [-0.05, 0) is 31.4 Å². The van der Waals surface area contributed by atoms with E-state index in [1.807, 2.05) is 26.8 Å². The number of carbonyl (C=O) groups excluding carboxylic acids is 3. The van der Waals surface area contributed by atoms with Crippen LogP contribution in [-0.2, 0) is 14.4 Å². The second-order valence-electron chi connectivity index (χ2n) is 7.77. The van der Waals surface area contributed by atoms with Crippen LogP contribution < -0.4 is 4.90 Å². The third kappa shape index (κ3) is 2.41. The Hall–Kier alpha value is -1.97. The summed E-state index contributed by atoms with van der Waals surface area (Å²) in [5.74, 6) is -0.746. The van der Waals surface area contributed by atoms with Gasteiger partial charge >= 0.3 is 0 Å². The van der Waals surface area contributed by atoms with Crippen LogP contribution in [0, 0.1) is 16.7 Å². The van der Waals surface area contributed by atoms with Crippen molar-refractivity contribution in [3.63, 3.8) is 0 Å². The van der Waals surface area contributed by atoms with Crippen LogP contribution >= 0.6 is 0 Å². The van der Waals surface area contributed by atoms with E-state index in [0.29, 0.717) is 18.5 Å². The Morgan fingerprint density at radius 2 is 1.83 bits per heavy atom. The van der Waals surface area contributed by atoms with Gasteiger partial charge in [0, 0.05) is 11.3 Å². The summed E-state index contributed by atoms with van der Waals surface area (Å²) < 4.78 is 0. The van der Waals surface area contributed by atoms with Crippen LogP contribution in [0.2, 0.25) is 0 Å². The third-order valence-electron chi connectivity index (χ3n) is 5.06. The van der Waals surface area contributed by atoms with E-state index in [1.165, 1.54) is 4.90 Å². The van der Waals surface area contributed by atoms with E-state index in [4.69, 9.17) is 0 Å². The molecule has 1 heterocycles. The van der Waals surface area contributed by atoms with Crippen molar-refractivity contribution < 1.29 is 14.4 Å². The van der Waals surface area contributed by atoms with Crippen LogP contribution in [0.25, 0.3) is 0 Å². The average molecular weight is 313 g/mol. The van der Waals surface area contributed by atoms with E-state index in [-0.39, 0.29) is 23.5 Å². The first-order valence-corrected chi connectivity index (χ1v) is 8.26. The fraction of sp³-hybridized carbons (Fsp3) is 0.526. The SMILES string of the molecule is CC(C)(C)C(=O)[C@@]12CCC[C@H](C1)C(=O)N(c1ccccc1)C2=O. The maximum atomic E-state index is 13.2. The molecule has 1 aliphatic heterocycles. The number of Topliss-reactive ketones (excluding diaryl/α,β-unsaturated/α-hetero) is 1. The highest BCUT2D eigenvalue weighted by molar-refractivity contribution is 6.26. The molecule has 2 bridgehead atoms. The van der Waals surface area contributed by atoms with E-state index in [1.54, 1.807) is 24.3 Å². The third-order valence-corrected chi connectivity index (χ3v) is 5.06. The second-order valence-corrected chi connectivity index (χ2v) is 7.77. The number of ketones is 1. The number of benzene rings is 1. The summed E-state index contributed by atoms with van der Waals surface area (Å²) in [4.78, 5) is 40.3. The molecule has 0 radical (unpaired) electrons. The van der Waals surface area contributed by atoms with Crippen molar-refractivity contribution in [1.29, 1.82) is 0 Å². The van der Waals surface area contributed by atoms with E-state index >= 15 is 0 Å². The highest BCUT2D eigenvalue weighted by Crippen LogP contribution is 2.49. The molecule has 0 N–H and O–H groups in total. The zero-order chi connectivity index (χ0) is 16.8. The quantitative estimate of drug-likeness (QED) is 0.621. The Balaban J connectivity index is 2.09. The van der Waals surface area contributed by atoms with Gasteiger partial charge in [-0.2, -0.15) is 0 Å². The van der Waals surface area contributed by atoms with Gasteiger partial charge in [-0.1, -0.05) is 45.4 Å². The molecule has 0 aromatic heterocycles.